The first-order valence-electron chi connectivity index (χ1n) is 5.61. The van der Waals surface area contributed by atoms with Crippen LogP contribution in [-0.2, 0) is 10.0 Å². The topological polar surface area (TPSA) is 49.4 Å². The van der Waals surface area contributed by atoms with Crippen molar-refractivity contribution in [3.63, 3.8) is 0 Å². The second-order valence-corrected chi connectivity index (χ2v) is 6.86. The lowest BCUT2D eigenvalue weighted by Crippen LogP contribution is -2.52. The Kier molecular flexibility index (Phi) is 4.18. The van der Waals surface area contributed by atoms with Gasteiger partial charge in [-0.15, -0.1) is 0 Å². The van der Waals surface area contributed by atoms with Gasteiger partial charge in [-0.05, 0) is 19.1 Å². The van der Waals surface area contributed by atoms with Crippen molar-refractivity contribution in [2.75, 3.05) is 19.6 Å². The first-order valence-corrected chi connectivity index (χ1v) is 7.81. The quantitative estimate of drug-likeness (QED) is 0.909. The van der Waals surface area contributed by atoms with Crippen LogP contribution in [0.4, 0.5) is 0 Å². The third-order valence-corrected chi connectivity index (χ3v) is 5.90. The minimum atomic E-state index is -3.64. The van der Waals surface area contributed by atoms with Crippen LogP contribution < -0.4 is 5.32 Å². The molecule has 1 aliphatic heterocycles. The van der Waals surface area contributed by atoms with E-state index in [1.807, 2.05) is 6.92 Å². The van der Waals surface area contributed by atoms with Crippen LogP contribution >= 0.6 is 23.2 Å². The molecular weight excluding hydrogens is 295 g/mol. The molecule has 1 heterocycles. The van der Waals surface area contributed by atoms with Gasteiger partial charge in [0.05, 0.1) is 10.0 Å². The van der Waals surface area contributed by atoms with E-state index in [9.17, 15) is 8.42 Å². The van der Waals surface area contributed by atoms with Gasteiger partial charge in [0.2, 0.25) is 10.0 Å². The van der Waals surface area contributed by atoms with Crippen molar-refractivity contribution in [1.82, 2.24) is 9.62 Å². The van der Waals surface area contributed by atoms with Crippen LogP contribution in [0.1, 0.15) is 6.92 Å². The summed E-state index contributed by atoms with van der Waals surface area (Å²) in [6, 6.07) is 4.58. The summed E-state index contributed by atoms with van der Waals surface area (Å²) in [5.74, 6) is 0. The molecule has 0 radical (unpaired) electrons. The SMILES string of the molecule is C[C@@H]1CNCCN1S(=O)(=O)c1c(Cl)cccc1Cl. The Hall–Kier alpha value is -0.330. The molecule has 1 atom stereocenters. The van der Waals surface area contributed by atoms with Gasteiger partial charge in [0.25, 0.3) is 0 Å². The lowest BCUT2D eigenvalue weighted by molar-refractivity contribution is 0.284. The Morgan fingerprint density at radius 3 is 2.50 bits per heavy atom. The zero-order valence-electron chi connectivity index (χ0n) is 9.86. The maximum absolute atomic E-state index is 12.6. The van der Waals surface area contributed by atoms with E-state index in [4.69, 9.17) is 23.2 Å². The van der Waals surface area contributed by atoms with E-state index in [0.717, 1.165) is 0 Å². The van der Waals surface area contributed by atoms with Crippen molar-refractivity contribution in [3.05, 3.63) is 28.2 Å². The number of nitrogens with zero attached hydrogens (tertiary/aromatic N) is 1. The molecule has 0 unspecified atom stereocenters. The van der Waals surface area contributed by atoms with E-state index in [1.54, 1.807) is 6.07 Å². The summed E-state index contributed by atoms with van der Waals surface area (Å²) in [6.45, 7) is 3.53. The molecule has 0 aliphatic carbocycles. The molecular formula is C11H14Cl2N2O2S. The first kappa shape index (κ1) is 14.1. The number of halogens is 2. The lowest BCUT2D eigenvalue weighted by Gasteiger charge is -2.33. The van der Waals surface area contributed by atoms with Crippen molar-refractivity contribution < 1.29 is 8.42 Å². The molecule has 1 aliphatic rings. The fourth-order valence-corrected chi connectivity index (χ4v) is 4.75. The van der Waals surface area contributed by atoms with Gasteiger partial charge in [-0.3, -0.25) is 0 Å². The van der Waals surface area contributed by atoms with Crippen molar-refractivity contribution in [2.24, 2.45) is 0 Å². The van der Waals surface area contributed by atoms with E-state index in [0.29, 0.717) is 19.6 Å². The minimum Gasteiger partial charge on any atom is -0.314 e. The van der Waals surface area contributed by atoms with Crippen molar-refractivity contribution in [1.29, 1.82) is 0 Å². The Morgan fingerprint density at radius 1 is 1.33 bits per heavy atom. The maximum atomic E-state index is 12.6. The number of hydrogen-bond donors (Lipinski definition) is 1. The minimum absolute atomic E-state index is 0.00193. The molecule has 0 bridgehead atoms. The Bertz CT molecular complexity index is 528. The van der Waals surface area contributed by atoms with Crippen LogP contribution in [-0.4, -0.2) is 38.4 Å². The van der Waals surface area contributed by atoms with Gasteiger partial charge in [-0.2, -0.15) is 4.31 Å². The summed E-state index contributed by atoms with van der Waals surface area (Å²) in [7, 11) is -3.64. The summed E-state index contributed by atoms with van der Waals surface area (Å²) in [4.78, 5) is 0.00193. The number of piperazine rings is 1. The Labute approximate surface area is 117 Å². The van der Waals surface area contributed by atoms with Crippen LogP contribution in [0.3, 0.4) is 0 Å². The van der Waals surface area contributed by atoms with Crippen LogP contribution in [0.2, 0.25) is 10.0 Å². The summed E-state index contributed by atoms with van der Waals surface area (Å²) in [6.07, 6.45) is 0. The van der Waals surface area contributed by atoms with Gasteiger partial charge in [0.1, 0.15) is 4.90 Å². The standard InChI is InChI=1S/C11H14Cl2N2O2S/c1-8-7-14-5-6-15(8)18(16,17)11-9(12)3-2-4-10(11)13/h2-4,8,14H,5-7H2,1H3/t8-/m1/s1. The highest BCUT2D eigenvalue weighted by Gasteiger charge is 2.33. The molecule has 4 nitrogen and oxygen atoms in total. The summed E-state index contributed by atoms with van der Waals surface area (Å²) in [5.41, 5.74) is 0. The average Bonchev–Trinajstić information content (AvgIpc) is 2.28. The molecule has 7 heteroatoms. The van der Waals surface area contributed by atoms with Crippen LogP contribution in [0, 0.1) is 0 Å². The van der Waals surface area contributed by atoms with Crippen LogP contribution in [0.5, 0.6) is 0 Å². The molecule has 18 heavy (non-hydrogen) atoms. The van der Waals surface area contributed by atoms with Crippen LogP contribution in [0.25, 0.3) is 0 Å². The monoisotopic (exact) mass is 308 g/mol. The largest absolute Gasteiger partial charge is 0.314 e. The molecule has 0 amide bonds. The van der Waals surface area contributed by atoms with E-state index in [2.05, 4.69) is 5.32 Å². The summed E-state index contributed by atoms with van der Waals surface area (Å²) in [5, 5.41) is 3.47. The van der Waals surface area contributed by atoms with E-state index < -0.39 is 10.0 Å². The number of hydrogen-bond acceptors (Lipinski definition) is 3. The van der Waals surface area contributed by atoms with E-state index >= 15 is 0 Å². The molecule has 1 aromatic carbocycles. The van der Waals surface area contributed by atoms with Crippen molar-refractivity contribution in [2.45, 2.75) is 17.9 Å². The molecule has 1 N–H and O–H groups in total. The predicted octanol–water partition coefficient (Wildman–Crippen LogP) is 1.98. The molecule has 1 saturated heterocycles. The summed E-state index contributed by atoms with van der Waals surface area (Å²) >= 11 is 12.0. The zero-order valence-corrected chi connectivity index (χ0v) is 12.2. The first-order chi connectivity index (χ1) is 8.44. The van der Waals surface area contributed by atoms with Gasteiger partial charge in [0, 0.05) is 25.7 Å². The highest BCUT2D eigenvalue weighted by atomic mass is 35.5. The molecule has 0 aromatic heterocycles. The fourth-order valence-electron chi connectivity index (χ4n) is 2.03. The molecule has 1 fully saturated rings. The number of sulfonamides is 1. The number of rotatable bonds is 2. The van der Waals surface area contributed by atoms with Gasteiger partial charge >= 0.3 is 0 Å². The highest BCUT2D eigenvalue weighted by molar-refractivity contribution is 7.89. The Morgan fingerprint density at radius 2 is 1.94 bits per heavy atom. The zero-order chi connectivity index (χ0) is 13.3. The van der Waals surface area contributed by atoms with E-state index in [-0.39, 0.29) is 21.0 Å². The van der Waals surface area contributed by atoms with Gasteiger partial charge in [-0.25, -0.2) is 8.42 Å². The van der Waals surface area contributed by atoms with Crippen molar-refractivity contribution in [3.8, 4) is 0 Å². The van der Waals surface area contributed by atoms with Gasteiger partial charge in [0.15, 0.2) is 0 Å². The second-order valence-electron chi connectivity index (χ2n) is 4.22. The molecule has 1 aromatic rings. The smallest absolute Gasteiger partial charge is 0.246 e. The van der Waals surface area contributed by atoms with Gasteiger partial charge < -0.3 is 5.32 Å². The normalized spacial score (nSPS) is 22.1. The lowest BCUT2D eigenvalue weighted by atomic mass is 10.3. The molecule has 0 saturated carbocycles. The van der Waals surface area contributed by atoms with Gasteiger partial charge in [-0.1, -0.05) is 29.3 Å². The Balaban J connectivity index is 2.48. The third kappa shape index (κ3) is 2.51. The van der Waals surface area contributed by atoms with Crippen LogP contribution in [0.15, 0.2) is 23.1 Å². The fraction of sp³-hybridized carbons (Fsp3) is 0.455. The molecule has 100 valence electrons. The number of benzene rings is 1. The third-order valence-electron chi connectivity index (χ3n) is 2.93. The molecule has 2 rings (SSSR count). The second kappa shape index (κ2) is 5.35. The maximum Gasteiger partial charge on any atom is 0.246 e. The average molecular weight is 309 g/mol. The van der Waals surface area contributed by atoms with Crippen molar-refractivity contribution >= 4 is 33.2 Å². The summed E-state index contributed by atoms with van der Waals surface area (Å²) < 4.78 is 26.6. The van der Waals surface area contributed by atoms with E-state index in [1.165, 1.54) is 16.4 Å². The molecule has 0 spiro atoms. The number of nitrogens with one attached hydrogen (secondary N) is 1. The predicted molar refractivity (Wildman–Crippen MR) is 72.7 cm³/mol. The highest BCUT2D eigenvalue weighted by Crippen LogP contribution is 2.32.